The Balaban J connectivity index is 1.94. The van der Waals surface area contributed by atoms with Crippen molar-refractivity contribution in [1.29, 1.82) is 0 Å². The highest BCUT2D eigenvalue weighted by atomic mass is 16.5. The Morgan fingerprint density at radius 2 is 1.53 bits per heavy atom. The van der Waals surface area contributed by atoms with Crippen LogP contribution in [0.25, 0.3) is 0 Å². The van der Waals surface area contributed by atoms with Crippen LogP contribution >= 0.6 is 0 Å². The van der Waals surface area contributed by atoms with Gasteiger partial charge in [-0.3, -0.25) is 19.2 Å². The molecule has 276 valence electrons. The topological polar surface area (TPSA) is 127 Å². The van der Waals surface area contributed by atoms with Crippen LogP contribution in [-0.4, -0.2) is 64.1 Å². The molecule has 1 saturated heterocycles. The largest absolute Gasteiger partial charge is 0.469 e. The monoisotopic (exact) mass is 684 g/mol. The van der Waals surface area contributed by atoms with Gasteiger partial charge in [0.2, 0.25) is 0 Å². The Morgan fingerprint density at radius 3 is 2.18 bits per heavy atom. The van der Waals surface area contributed by atoms with E-state index in [1.54, 1.807) is 13.8 Å². The Morgan fingerprint density at radius 1 is 0.878 bits per heavy atom. The maximum Gasteiger partial charge on any atom is 0.313 e. The molecule has 1 saturated carbocycles. The van der Waals surface area contributed by atoms with Crippen LogP contribution < -0.4 is 0 Å². The summed E-state index contributed by atoms with van der Waals surface area (Å²) in [6, 6.07) is 0. The van der Waals surface area contributed by atoms with E-state index in [0.29, 0.717) is 44.9 Å². The van der Waals surface area contributed by atoms with E-state index >= 15 is 0 Å². The minimum Gasteiger partial charge on any atom is -0.469 e. The molecule has 2 N–H and O–H groups in total. The van der Waals surface area contributed by atoms with Gasteiger partial charge >= 0.3 is 5.97 Å². The normalized spacial score (nSPS) is 40.7. The number of carbonyl (C=O) groups excluding carboxylic acids is 4. The van der Waals surface area contributed by atoms with Gasteiger partial charge in [-0.2, -0.15) is 0 Å². The molecule has 0 aromatic heterocycles. The summed E-state index contributed by atoms with van der Waals surface area (Å²) in [5.41, 5.74) is -0.797. The van der Waals surface area contributed by atoms with Crippen LogP contribution in [0.15, 0.2) is 22.8 Å². The van der Waals surface area contributed by atoms with Crippen LogP contribution in [0.1, 0.15) is 139 Å². The molecular weight excluding hydrogens is 620 g/mol. The summed E-state index contributed by atoms with van der Waals surface area (Å²) in [4.78, 5) is 57.3. The van der Waals surface area contributed by atoms with Crippen LogP contribution in [0.3, 0.4) is 0 Å². The fraction of sp³-hybridized carbons (Fsp3) is 0.805. The lowest BCUT2D eigenvalue weighted by Crippen LogP contribution is -2.55. The minimum atomic E-state index is -1.50. The van der Waals surface area contributed by atoms with E-state index in [1.165, 1.54) is 7.11 Å². The van der Waals surface area contributed by atoms with E-state index < -0.39 is 52.5 Å². The van der Waals surface area contributed by atoms with Crippen LogP contribution in [0.5, 0.6) is 0 Å². The van der Waals surface area contributed by atoms with Crippen LogP contribution in [-0.2, 0) is 28.7 Å². The van der Waals surface area contributed by atoms with Gasteiger partial charge in [0.25, 0.3) is 0 Å². The van der Waals surface area contributed by atoms with E-state index in [-0.39, 0.29) is 54.4 Å². The fourth-order valence-corrected chi connectivity index (χ4v) is 9.39. The average molecular weight is 685 g/mol. The van der Waals surface area contributed by atoms with Gasteiger partial charge in [0.15, 0.2) is 0 Å². The van der Waals surface area contributed by atoms with Crippen LogP contribution in [0, 0.1) is 40.9 Å². The molecule has 2 heterocycles. The van der Waals surface area contributed by atoms with Gasteiger partial charge in [-0.15, -0.1) is 0 Å². The lowest BCUT2D eigenvalue weighted by Gasteiger charge is -2.49. The molecule has 0 unspecified atom stereocenters. The molecule has 49 heavy (non-hydrogen) atoms. The molecular formula is C41H64O8. The van der Waals surface area contributed by atoms with E-state index in [2.05, 4.69) is 13.0 Å². The van der Waals surface area contributed by atoms with Gasteiger partial charge in [-0.1, -0.05) is 63.3 Å². The van der Waals surface area contributed by atoms with Crippen molar-refractivity contribution in [3.63, 3.8) is 0 Å². The van der Waals surface area contributed by atoms with Crippen LogP contribution in [0.2, 0.25) is 0 Å². The quantitative estimate of drug-likeness (QED) is 0.230. The van der Waals surface area contributed by atoms with Gasteiger partial charge in [0, 0.05) is 42.9 Å². The number of hydrogen-bond acceptors (Lipinski definition) is 8. The average Bonchev–Trinajstić information content (AvgIpc) is 3.01. The molecule has 0 spiro atoms. The summed E-state index contributed by atoms with van der Waals surface area (Å²) < 4.78 is 12.0. The number of allylic oxidation sites excluding steroid dienone is 4. The lowest BCUT2D eigenvalue weighted by atomic mass is 9.53. The SMILES string of the molecule is COC(=O)[C@]12CC(=O)[C@H](C(C)C)CC(=O)[C@H](C)CCC[C@H](C)CC(=O)[C@H]1CC(C)=C1CC[C@](C)(O)[C@H]3CC[C@@](C)(O)[C@H](CCC(C)=C[C@@H]12)O3. The first-order valence-corrected chi connectivity index (χ1v) is 19.0. The molecule has 2 aliphatic carbocycles. The van der Waals surface area contributed by atoms with Crippen molar-refractivity contribution in [2.45, 2.75) is 162 Å². The van der Waals surface area contributed by atoms with Gasteiger partial charge in [-0.25, -0.2) is 0 Å². The zero-order chi connectivity index (χ0) is 36.5. The Labute approximate surface area is 294 Å². The third kappa shape index (κ3) is 8.49. The van der Waals surface area contributed by atoms with Crippen molar-refractivity contribution in [3.05, 3.63) is 22.8 Å². The Hall–Kier alpha value is -2.16. The molecule has 0 aromatic carbocycles. The Bertz CT molecular complexity index is 1320. The highest BCUT2D eigenvalue weighted by Crippen LogP contribution is 2.56. The molecule has 4 aliphatic rings. The minimum absolute atomic E-state index is 0.0190. The third-order valence-electron chi connectivity index (χ3n) is 12.9. The van der Waals surface area contributed by atoms with Crippen molar-refractivity contribution < 1.29 is 38.9 Å². The van der Waals surface area contributed by atoms with Crippen molar-refractivity contribution in [1.82, 2.24) is 0 Å². The standard InChI is InChI=1S/C41H64O8/c1-24(2)30-22-33(42)27(5)12-10-11-25(3)20-34(43)32-21-28(6)29-15-17-39(7,46)37-16-18-40(8,47)36(49-37)14-13-26(4)19-31(29)41(32,23-35(30)44)38(45)48-9/h19,24-25,27,30-32,36-37,46-47H,10-18,20-23H2,1-9H3/t25-,27+,30-,31-,32+,36-,37+,39-,40+,41-/m0/s1. The van der Waals surface area contributed by atoms with Gasteiger partial charge in [-0.05, 0) is 90.9 Å². The fourth-order valence-electron chi connectivity index (χ4n) is 9.39. The molecule has 2 aliphatic heterocycles. The number of Topliss-reactive ketones (excluding diaryl/α,β-unsaturated/α-hetero) is 3. The number of hydrogen-bond donors (Lipinski definition) is 2. The van der Waals surface area contributed by atoms with Crippen molar-refractivity contribution in [2.24, 2.45) is 40.9 Å². The molecule has 2 fully saturated rings. The molecule has 0 amide bonds. The number of methoxy groups -OCH3 is 1. The number of rotatable bonds is 2. The van der Waals surface area contributed by atoms with E-state index in [0.717, 1.165) is 36.0 Å². The second kappa shape index (κ2) is 15.6. The highest BCUT2D eigenvalue weighted by molar-refractivity contribution is 5.97. The first kappa shape index (κ1) is 39.6. The predicted molar refractivity (Wildman–Crippen MR) is 189 cm³/mol. The number of aliphatic hydroxyl groups is 2. The molecule has 8 heteroatoms. The first-order chi connectivity index (χ1) is 22.8. The van der Waals surface area contributed by atoms with E-state index in [4.69, 9.17) is 9.47 Å². The predicted octanol–water partition coefficient (Wildman–Crippen LogP) is 7.27. The summed E-state index contributed by atoms with van der Waals surface area (Å²) in [6.45, 7) is 15.5. The lowest BCUT2D eigenvalue weighted by molar-refractivity contribution is -0.216. The number of esters is 1. The smallest absolute Gasteiger partial charge is 0.313 e. The number of carbonyl (C=O) groups is 4. The molecule has 8 nitrogen and oxygen atoms in total. The summed E-state index contributed by atoms with van der Waals surface area (Å²) in [5, 5.41) is 23.1. The second-order valence-electron chi connectivity index (χ2n) is 17.3. The van der Waals surface area contributed by atoms with Gasteiger partial charge in [0.05, 0.1) is 35.9 Å². The maximum absolute atomic E-state index is 14.7. The molecule has 0 aromatic rings. The molecule has 2 bridgehead atoms. The summed E-state index contributed by atoms with van der Waals surface area (Å²) in [5.74, 6) is -2.90. The van der Waals surface area contributed by atoms with Crippen molar-refractivity contribution in [3.8, 4) is 0 Å². The van der Waals surface area contributed by atoms with E-state index in [1.807, 2.05) is 34.6 Å². The summed E-state index contributed by atoms with van der Waals surface area (Å²) in [6.07, 6.45) is 6.98. The summed E-state index contributed by atoms with van der Waals surface area (Å²) in [7, 11) is 1.34. The van der Waals surface area contributed by atoms with Gasteiger partial charge < -0.3 is 19.7 Å². The second-order valence-corrected chi connectivity index (χ2v) is 17.3. The molecule has 0 radical (unpaired) electrons. The van der Waals surface area contributed by atoms with Crippen LogP contribution in [0.4, 0.5) is 0 Å². The first-order valence-electron chi connectivity index (χ1n) is 19.0. The third-order valence-corrected chi connectivity index (χ3v) is 12.9. The zero-order valence-electron chi connectivity index (χ0n) is 31.7. The number of ketones is 3. The van der Waals surface area contributed by atoms with Crippen molar-refractivity contribution >= 4 is 23.3 Å². The van der Waals surface area contributed by atoms with E-state index in [9.17, 15) is 29.4 Å². The molecule has 10 atom stereocenters. The highest BCUT2D eigenvalue weighted by Gasteiger charge is 2.59. The zero-order valence-corrected chi connectivity index (χ0v) is 31.7. The maximum atomic E-state index is 14.7. The van der Waals surface area contributed by atoms with Gasteiger partial charge in [0.1, 0.15) is 17.3 Å². The molecule has 4 rings (SSSR count). The summed E-state index contributed by atoms with van der Waals surface area (Å²) >= 11 is 0. The Kier molecular flexibility index (Phi) is 12.6. The van der Waals surface area contributed by atoms with Crippen molar-refractivity contribution in [2.75, 3.05) is 7.11 Å². The number of fused-ring (bicyclic) bond motifs is 5. The number of ether oxygens (including phenoxy) is 2.